The summed E-state index contributed by atoms with van der Waals surface area (Å²) in [5.74, 6) is -1.67. The number of anilines is 1. The number of para-hydroxylation sites is 1. The van der Waals surface area contributed by atoms with E-state index in [0.29, 0.717) is 0 Å². The van der Waals surface area contributed by atoms with Crippen molar-refractivity contribution >= 4 is 33.6 Å². The van der Waals surface area contributed by atoms with E-state index in [1.54, 1.807) is 6.07 Å². The van der Waals surface area contributed by atoms with Crippen molar-refractivity contribution in [3.05, 3.63) is 29.8 Å². The molecule has 0 aliphatic heterocycles. The summed E-state index contributed by atoms with van der Waals surface area (Å²) >= 11 is 0. The fourth-order valence-corrected chi connectivity index (χ4v) is 2.47. The van der Waals surface area contributed by atoms with Crippen molar-refractivity contribution < 1.29 is 27.5 Å². The zero-order valence-corrected chi connectivity index (χ0v) is 14.6. The summed E-state index contributed by atoms with van der Waals surface area (Å²) in [6, 6.07) is 5.26. The second-order valence-corrected chi connectivity index (χ2v) is 7.45. The molecule has 1 atom stereocenters. The number of sulfonamides is 1. The van der Waals surface area contributed by atoms with E-state index >= 15 is 0 Å². The van der Waals surface area contributed by atoms with E-state index in [4.69, 9.17) is 4.74 Å². The highest BCUT2D eigenvalue weighted by molar-refractivity contribution is 7.92. The molecule has 9 nitrogen and oxygen atoms in total. The number of ether oxygens (including phenoxy) is 1. The van der Waals surface area contributed by atoms with Crippen LogP contribution in [0.15, 0.2) is 24.3 Å². The normalized spacial score (nSPS) is 15.0. The molecule has 2 rings (SSSR count). The van der Waals surface area contributed by atoms with Gasteiger partial charge in [-0.2, -0.15) is 0 Å². The lowest BCUT2D eigenvalue weighted by Gasteiger charge is -2.15. The summed E-state index contributed by atoms with van der Waals surface area (Å²) in [7, 11) is -3.59. The summed E-state index contributed by atoms with van der Waals surface area (Å²) in [5, 5.41) is 4.65. The highest BCUT2D eigenvalue weighted by Crippen LogP contribution is 2.19. The number of carbonyl (C=O) groups excluding carboxylic acids is 3. The molecule has 1 unspecified atom stereocenters. The number of carbonyl (C=O) groups is 3. The van der Waals surface area contributed by atoms with Crippen LogP contribution in [0.25, 0.3) is 0 Å². The number of amides is 3. The minimum absolute atomic E-state index is 0.0362. The van der Waals surface area contributed by atoms with Crippen molar-refractivity contribution in [2.24, 2.45) is 0 Å². The summed E-state index contributed by atoms with van der Waals surface area (Å²) in [6.07, 6.45) is 1.46. The topological polar surface area (TPSA) is 131 Å². The van der Waals surface area contributed by atoms with Gasteiger partial charge >= 0.3 is 12.0 Å². The third-order valence-corrected chi connectivity index (χ3v) is 3.84. The highest BCUT2D eigenvalue weighted by Gasteiger charge is 2.26. The first-order chi connectivity index (χ1) is 11.7. The molecule has 10 heteroatoms. The number of urea groups is 1. The number of nitrogens with one attached hydrogen (secondary N) is 3. The van der Waals surface area contributed by atoms with Crippen molar-refractivity contribution in [1.29, 1.82) is 0 Å². The summed E-state index contributed by atoms with van der Waals surface area (Å²) in [5.41, 5.74) is -0.0101. The molecule has 1 aromatic carbocycles. The van der Waals surface area contributed by atoms with Gasteiger partial charge in [0.05, 0.1) is 17.5 Å². The minimum atomic E-state index is -3.59. The Balaban J connectivity index is 1.98. The molecule has 25 heavy (non-hydrogen) atoms. The predicted molar refractivity (Wildman–Crippen MR) is 89.5 cm³/mol. The van der Waals surface area contributed by atoms with Gasteiger partial charge in [0.1, 0.15) is 0 Å². The molecular weight excluding hydrogens is 350 g/mol. The van der Waals surface area contributed by atoms with Crippen LogP contribution < -0.4 is 15.4 Å². The molecule has 0 bridgehead atoms. The van der Waals surface area contributed by atoms with Crippen molar-refractivity contribution in [3.63, 3.8) is 0 Å². The second kappa shape index (κ2) is 7.51. The molecular formula is C15H19N3O6S. The monoisotopic (exact) mass is 369 g/mol. The van der Waals surface area contributed by atoms with Crippen LogP contribution in [-0.4, -0.2) is 44.7 Å². The van der Waals surface area contributed by atoms with E-state index in [2.05, 4.69) is 15.4 Å². The molecule has 0 aromatic heterocycles. The maximum Gasteiger partial charge on any atom is 0.341 e. The van der Waals surface area contributed by atoms with Crippen molar-refractivity contribution in [2.75, 3.05) is 11.0 Å². The number of rotatable bonds is 6. The minimum Gasteiger partial charge on any atom is -0.449 e. The molecule has 136 valence electrons. The van der Waals surface area contributed by atoms with Gasteiger partial charge in [-0.05, 0) is 31.9 Å². The van der Waals surface area contributed by atoms with Gasteiger partial charge < -0.3 is 10.1 Å². The molecule has 3 N–H and O–H groups in total. The first-order valence-electron chi connectivity index (χ1n) is 7.55. The predicted octanol–water partition coefficient (Wildman–Crippen LogP) is 0.592. The van der Waals surface area contributed by atoms with Crippen molar-refractivity contribution in [1.82, 2.24) is 10.6 Å². The van der Waals surface area contributed by atoms with Gasteiger partial charge in [-0.1, -0.05) is 12.1 Å². The lowest BCUT2D eigenvalue weighted by atomic mass is 10.2. The number of hydrogen-bond donors (Lipinski definition) is 3. The van der Waals surface area contributed by atoms with Crippen LogP contribution >= 0.6 is 0 Å². The van der Waals surface area contributed by atoms with Crippen molar-refractivity contribution in [2.45, 2.75) is 31.9 Å². The Kier molecular flexibility index (Phi) is 5.62. The average molecular weight is 369 g/mol. The first kappa shape index (κ1) is 18.7. The summed E-state index contributed by atoms with van der Waals surface area (Å²) in [6.45, 7) is 1.31. The average Bonchev–Trinajstić information content (AvgIpc) is 3.29. The Morgan fingerprint density at radius 1 is 1.20 bits per heavy atom. The third-order valence-electron chi connectivity index (χ3n) is 3.24. The van der Waals surface area contributed by atoms with Crippen LogP contribution in [0.5, 0.6) is 0 Å². The number of esters is 1. The Bertz CT molecular complexity index is 788. The SMILES string of the molecule is CC(OC(=O)c1ccccc1NS(C)(=O)=O)C(=O)NC(=O)NC1CC1. The van der Waals surface area contributed by atoms with Crippen LogP contribution in [0.4, 0.5) is 10.5 Å². The fraction of sp³-hybridized carbons (Fsp3) is 0.400. The van der Waals surface area contributed by atoms with Gasteiger partial charge in [0.2, 0.25) is 10.0 Å². The molecule has 1 aliphatic carbocycles. The van der Waals surface area contributed by atoms with Crippen LogP contribution in [0.1, 0.15) is 30.1 Å². The van der Waals surface area contributed by atoms with E-state index in [1.165, 1.54) is 25.1 Å². The maximum atomic E-state index is 12.2. The Morgan fingerprint density at radius 3 is 2.44 bits per heavy atom. The van der Waals surface area contributed by atoms with E-state index in [-0.39, 0.29) is 17.3 Å². The quantitative estimate of drug-likeness (QED) is 0.629. The molecule has 0 saturated heterocycles. The van der Waals surface area contributed by atoms with E-state index < -0.39 is 34.0 Å². The maximum absolute atomic E-state index is 12.2. The van der Waals surface area contributed by atoms with Crippen LogP contribution in [-0.2, 0) is 19.6 Å². The Morgan fingerprint density at radius 2 is 1.84 bits per heavy atom. The van der Waals surface area contributed by atoms with Crippen molar-refractivity contribution in [3.8, 4) is 0 Å². The summed E-state index contributed by atoms with van der Waals surface area (Å²) < 4.78 is 29.9. The molecule has 0 radical (unpaired) electrons. The van der Waals surface area contributed by atoms with E-state index in [0.717, 1.165) is 19.1 Å². The molecule has 0 spiro atoms. The van der Waals surface area contributed by atoms with Gasteiger partial charge in [0.25, 0.3) is 5.91 Å². The first-order valence-corrected chi connectivity index (χ1v) is 9.44. The third kappa shape index (κ3) is 6.07. The van der Waals surface area contributed by atoms with E-state index in [9.17, 15) is 22.8 Å². The number of hydrogen-bond acceptors (Lipinski definition) is 6. The molecule has 1 fully saturated rings. The Labute approximate surface area is 145 Å². The highest BCUT2D eigenvalue weighted by atomic mass is 32.2. The van der Waals surface area contributed by atoms with Crippen LogP contribution in [0.3, 0.4) is 0 Å². The molecule has 3 amide bonds. The lowest BCUT2D eigenvalue weighted by molar-refractivity contribution is -0.127. The molecule has 1 aliphatic rings. The van der Waals surface area contributed by atoms with Crippen LogP contribution in [0, 0.1) is 0 Å². The standard InChI is InChI=1S/C15H19N3O6S/c1-9(13(19)17-15(21)16-10-7-8-10)24-14(20)11-5-3-4-6-12(11)18-25(2,22)23/h3-6,9-10,18H,7-8H2,1-2H3,(H2,16,17,19,21). The van der Waals surface area contributed by atoms with Gasteiger partial charge in [-0.3, -0.25) is 14.8 Å². The smallest absolute Gasteiger partial charge is 0.341 e. The number of benzene rings is 1. The lowest BCUT2D eigenvalue weighted by Crippen LogP contribution is -2.45. The van der Waals surface area contributed by atoms with Crippen LogP contribution in [0.2, 0.25) is 0 Å². The second-order valence-electron chi connectivity index (χ2n) is 5.70. The van der Waals surface area contributed by atoms with Gasteiger partial charge in [0.15, 0.2) is 6.10 Å². The summed E-state index contributed by atoms with van der Waals surface area (Å²) in [4.78, 5) is 35.6. The van der Waals surface area contributed by atoms with Gasteiger partial charge in [-0.25, -0.2) is 18.0 Å². The Hall–Kier alpha value is -2.62. The zero-order chi connectivity index (χ0) is 18.6. The largest absolute Gasteiger partial charge is 0.449 e. The fourth-order valence-electron chi connectivity index (χ4n) is 1.89. The molecule has 1 saturated carbocycles. The molecule has 0 heterocycles. The van der Waals surface area contributed by atoms with Gasteiger partial charge in [-0.15, -0.1) is 0 Å². The van der Waals surface area contributed by atoms with E-state index in [1.807, 2.05) is 0 Å². The molecule has 1 aromatic rings. The van der Waals surface area contributed by atoms with Gasteiger partial charge in [0, 0.05) is 6.04 Å². The number of imide groups is 1. The zero-order valence-electron chi connectivity index (χ0n) is 13.7.